The molecule has 0 bridgehead atoms. The van der Waals surface area contributed by atoms with Crippen molar-refractivity contribution < 1.29 is 0 Å². The number of hydrogen-bond donors (Lipinski definition) is 0. The summed E-state index contributed by atoms with van der Waals surface area (Å²) in [6, 6.07) is 13.7. The van der Waals surface area contributed by atoms with Crippen LogP contribution in [0, 0.1) is 6.92 Å². The van der Waals surface area contributed by atoms with E-state index in [1.807, 2.05) is 43.3 Å². The lowest BCUT2D eigenvalue weighted by Crippen LogP contribution is -1.93. The smallest absolute Gasteiger partial charge is 0.157 e. The second kappa shape index (κ2) is 3.86. The monoisotopic (exact) mass is 243 g/mol. The SMILES string of the molecule is Cc1cc(Cl)n2nc(-c3ccccc3)cc2n1. The maximum Gasteiger partial charge on any atom is 0.157 e. The summed E-state index contributed by atoms with van der Waals surface area (Å²) in [6.45, 7) is 1.92. The fourth-order valence-corrected chi connectivity index (χ4v) is 2.09. The zero-order valence-electron chi connectivity index (χ0n) is 9.26. The van der Waals surface area contributed by atoms with Crippen LogP contribution in [0.25, 0.3) is 16.9 Å². The molecule has 0 saturated heterocycles. The Balaban J connectivity index is 2.24. The Morgan fingerprint density at radius 2 is 1.88 bits per heavy atom. The van der Waals surface area contributed by atoms with Crippen molar-refractivity contribution in [1.82, 2.24) is 14.6 Å². The Labute approximate surface area is 104 Å². The largest absolute Gasteiger partial charge is 0.234 e. The van der Waals surface area contributed by atoms with Gasteiger partial charge in [0.1, 0.15) is 5.15 Å². The average Bonchev–Trinajstić information content (AvgIpc) is 2.74. The van der Waals surface area contributed by atoms with Crippen LogP contribution in [0.15, 0.2) is 42.5 Å². The van der Waals surface area contributed by atoms with Crippen LogP contribution in [-0.4, -0.2) is 14.6 Å². The summed E-state index contributed by atoms with van der Waals surface area (Å²) in [7, 11) is 0. The Morgan fingerprint density at radius 1 is 1.12 bits per heavy atom. The van der Waals surface area contributed by atoms with Crippen molar-refractivity contribution in [2.24, 2.45) is 0 Å². The van der Waals surface area contributed by atoms with Crippen LogP contribution in [-0.2, 0) is 0 Å². The highest BCUT2D eigenvalue weighted by molar-refractivity contribution is 6.29. The molecule has 2 heterocycles. The van der Waals surface area contributed by atoms with Gasteiger partial charge in [0, 0.05) is 17.3 Å². The zero-order chi connectivity index (χ0) is 11.8. The molecule has 3 nitrogen and oxygen atoms in total. The number of aromatic nitrogens is 3. The number of fused-ring (bicyclic) bond motifs is 1. The molecular weight excluding hydrogens is 234 g/mol. The number of rotatable bonds is 1. The van der Waals surface area contributed by atoms with E-state index in [0.717, 1.165) is 22.6 Å². The lowest BCUT2D eigenvalue weighted by atomic mass is 10.2. The van der Waals surface area contributed by atoms with Crippen molar-refractivity contribution in [3.63, 3.8) is 0 Å². The molecule has 0 amide bonds. The van der Waals surface area contributed by atoms with Gasteiger partial charge in [-0.1, -0.05) is 41.9 Å². The fourth-order valence-electron chi connectivity index (χ4n) is 1.80. The van der Waals surface area contributed by atoms with E-state index in [9.17, 15) is 0 Å². The average molecular weight is 244 g/mol. The lowest BCUT2D eigenvalue weighted by Gasteiger charge is -1.97. The highest BCUT2D eigenvalue weighted by Crippen LogP contribution is 2.21. The molecule has 4 heteroatoms. The molecule has 0 aliphatic carbocycles. The van der Waals surface area contributed by atoms with Gasteiger partial charge in [0.2, 0.25) is 0 Å². The number of nitrogens with zero attached hydrogens (tertiary/aromatic N) is 3. The third kappa shape index (κ3) is 1.78. The number of aryl methyl sites for hydroxylation is 1. The normalized spacial score (nSPS) is 10.9. The van der Waals surface area contributed by atoms with Crippen LogP contribution in [0.2, 0.25) is 5.15 Å². The van der Waals surface area contributed by atoms with E-state index < -0.39 is 0 Å². The van der Waals surface area contributed by atoms with Crippen LogP contribution in [0.4, 0.5) is 0 Å². The summed E-state index contributed by atoms with van der Waals surface area (Å²) in [5.41, 5.74) is 3.60. The maximum absolute atomic E-state index is 6.12. The van der Waals surface area contributed by atoms with Crippen molar-refractivity contribution in [3.05, 3.63) is 53.3 Å². The second-order valence-electron chi connectivity index (χ2n) is 3.89. The van der Waals surface area contributed by atoms with Gasteiger partial charge < -0.3 is 0 Å². The van der Waals surface area contributed by atoms with Crippen LogP contribution in [0.1, 0.15) is 5.69 Å². The first kappa shape index (κ1) is 10.3. The van der Waals surface area contributed by atoms with Crippen molar-refractivity contribution in [1.29, 1.82) is 0 Å². The summed E-state index contributed by atoms with van der Waals surface area (Å²) >= 11 is 6.12. The van der Waals surface area contributed by atoms with Crippen molar-refractivity contribution in [2.45, 2.75) is 6.92 Å². The molecule has 0 saturated carbocycles. The minimum absolute atomic E-state index is 0.578. The highest BCUT2D eigenvalue weighted by atomic mass is 35.5. The molecule has 0 unspecified atom stereocenters. The molecule has 0 aliphatic rings. The minimum Gasteiger partial charge on any atom is -0.234 e. The number of halogens is 1. The summed E-state index contributed by atoms with van der Waals surface area (Å²) in [5, 5.41) is 5.02. The first-order chi connectivity index (χ1) is 8.24. The van der Waals surface area contributed by atoms with E-state index in [1.54, 1.807) is 10.6 Å². The van der Waals surface area contributed by atoms with E-state index in [4.69, 9.17) is 11.6 Å². The number of benzene rings is 1. The first-order valence-corrected chi connectivity index (χ1v) is 5.70. The van der Waals surface area contributed by atoms with Gasteiger partial charge in [0.25, 0.3) is 0 Å². The van der Waals surface area contributed by atoms with Crippen LogP contribution >= 0.6 is 11.6 Å². The molecule has 0 atom stereocenters. The van der Waals surface area contributed by atoms with E-state index in [0.29, 0.717) is 5.15 Å². The van der Waals surface area contributed by atoms with Crippen LogP contribution in [0.5, 0.6) is 0 Å². The van der Waals surface area contributed by atoms with Gasteiger partial charge in [-0.25, -0.2) is 9.50 Å². The Kier molecular flexibility index (Phi) is 2.34. The lowest BCUT2D eigenvalue weighted by molar-refractivity contribution is 0.934. The van der Waals surface area contributed by atoms with E-state index >= 15 is 0 Å². The molecule has 0 N–H and O–H groups in total. The Bertz CT molecular complexity index is 674. The van der Waals surface area contributed by atoms with Crippen molar-refractivity contribution in [2.75, 3.05) is 0 Å². The number of hydrogen-bond acceptors (Lipinski definition) is 2. The van der Waals surface area contributed by atoms with E-state index in [1.165, 1.54) is 0 Å². The van der Waals surface area contributed by atoms with E-state index in [-0.39, 0.29) is 0 Å². The molecule has 0 radical (unpaired) electrons. The van der Waals surface area contributed by atoms with Crippen molar-refractivity contribution in [3.8, 4) is 11.3 Å². The molecular formula is C13H10ClN3. The van der Waals surface area contributed by atoms with Gasteiger partial charge in [-0.3, -0.25) is 0 Å². The molecule has 84 valence electrons. The Hall–Kier alpha value is -1.87. The molecule has 3 rings (SSSR count). The quantitative estimate of drug-likeness (QED) is 0.614. The van der Waals surface area contributed by atoms with Gasteiger partial charge in [-0.15, -0.1) is 0 Å². The molecule has 17 heavy (non-hydrogen) atoms. The predicted octanol–water partition coefficient (Wildman–Crippen LogP) is 3.36. The molecule has 0 spiro atoms. The minimum atomic E-state index is 0.578. The van der Waals surface area contributed by atoms with Crippen LogP contribution < -0.4 is 0 Å². The van der Waals surface area contributed by atoms with Crippen LogP contribution in [0.3, 0.4) is 0 Å². The molecule has 2 aromatic heterocycles. The van der Waals surface area contributed by atoms with Gasteiger partial charge in [0.15, 0.2) is 5.65 Å². The third-order valence-electron chi connectivity index (χ3n) is 2.58. The fraction of sp³-hybridized carbons (Fsp3) is 0.0769. The molecule has 0 aliphatic heterocycles. The van der Waals surface area contributed by atoms with Gasteiger partial charge in [0.05, 0.1) is 5.69 Å². The zero-order valence-corrected chi connectivity index (χ0v) is 10.0. The molecule has 3 aromatic rings. The molecule has 1 aromatic carbocycles. The van der Waals surface area contributed by atoms with Gasteiger partial charge in [-0.2, -0.15) is 5.10 Å². The second-order valence-corrected chi connectivity index (χ2v) is 4.27. The third-order valence-corrected chi connectivity index (χ3v) is 2.85. The first-order valence-electron chi connectivity index (χ1n) is 5.32. The van der Waals surface area contributed by atoms with Crippen molar-refractivity contribution >= 4 is 17.2 Å². The van der Waals surface area contributed by atoms with Gasteiger partial charge >= 0.3 is 0 Å². The molecule has 0 fully saturated rings. The summed E-state index contributed by atoms with van der Waals surface area (Å²) < 4.78 is 1.65. The predicted molar refractivity (Wildman–Crippen MR) is 68.2 cm³/mol. The highest BCUT2D eigenvalue weighted by Gasteiger charge is 2.07. The van der Waals surface area contributed by atoms with E-state index in [2.05, 4.69) is 10.1 Å². The Morgan fingerprint density at radius 3 is 2.65 bits per heavy atom. The summed E-state index contributed by atoms with van der Waals surface area (Å²) in [6.07, 6.45) is 0. The topological polar surface area (TPSA) is 30.2 Å². The van der Waals surface area contributed by atoms with Gasteiger partial charge in [-0.05, 0) is 13.0 Å². The standard InChI is InChI=1S/C13H10ClN3/c1-9-7-12(14)17-13(15-9)8-11(16-17)10-5-3-2-4-6-10/h2-8H,1H3. The summed E-state index contributed by atoms with van der Waals surface area (Å²) in [5.74, 6) is 0. The summed E-state index contributed by atoms with van der Waals surface area (Å²) in [4.78, 5) is 4.40. The maximum atomic E-state index is 6.12.